The topological polar surface area (TPSA) is 64.7 Å². The van der Waals surface area contributed by atoms with Gasteiger partial charge in [0, 0.05) is 12.6 Å². The Morgan fingerprint density at radius 3 is 2.11 bits per heavy atom. The third kappa shape index (κ3) is 4.05. The lowest BCUT2D eigenvalue weighted by Gasteiger charge is -2.19. The quantitative estimate of drug-likeness (QED) is 0.835. The molecule has 0 heterocycles. The predicted octanol–water partition coefficient (Wildman–Crippen LogP) is 2.21. The molecule has 1 aromatic carbocycles. The van der Waals surface area contributed by atoms with Crippen LogP contribution in [0, 0.1) is 6.92 Å². The highest BCUT2D eigenvalue weighted by atomic mass is 35.5. The van der Waals surface area contributed by atoms with Gasteiger partial charge in [0.05, 0.1) is 19.8 Å². The van der Waals surface area contributed by atoms with Gasteiger partial charge in [-0.2, -0.15) is 0 Å². The van der Waals surface area contributed by atoms with Gasteiger partial charge in [-0.15, -0.1) is 12.4 Å². The maximum atomic E-state index is 8.84. The summed E-state index contributed by atoms with van der Waals surface area (Å²) in [6.45, 7) is 2.12. The lowest BCUT2D eigenvalue weighted by molar-refractivity contribution is 0.278. The summed E-state index contributed by atoms with van der Waals surface area (Å²) in [5.41, 5.74) is 8.05. The molecule has 0 bridgehead atoms. The second kappa shape index (κ2) is 8.19. The summed E-state index contributed by atoms with van der Waals surface area (Å²) < 4.78 is 10.7. The minimum Gasteiger partial charge on any atom is -0.496 e. The summed E-state index contributed by atoms with van der Waals surface area (Å²) in [5.74, 6) is 1.49. The van der Waals surface area contributed by atoms with E-state index in [0.29, 0.717) is 12.8 Å². The minimum absolute atomic E-state index is 0. The molecule has 0 aromatic heterocycles. The van der Waals surface area contributed by atoms with Gasteiger partial charge in [0.25, 0.3) is 0 Å². The highest BCUT2D eigenvalue weighted by molar-refractivity contribution is 5.85. The smallest absolute Gasteiger partial charge is 0.127 e. The fourth-order valence-corrected chi connectivity index (χ4v) is 1.89. The molecule has 1 rings (SSSR count). The molecule has 0 aliphatic carbocycles. The zero-order chi connectivity index (χ0) is 12.8. The van der Waals surface area contributed by atoms with Crippen LogP contribution in [0.2, 0.25) is 0 Å². The Hall–Kier alpha value is -0.970. The average molecular weight is 276 g/mol. The van der Waals surface area contributed by atoms with E-state index in [1.165, 1.54) is 0 Å². The van der Waals surface area contributed by atoms with Gasteiger partial charge in [0.2, 0.25) is 0 Å². The highest BCUT2D eigenvalue weighted by Gasteiger charge is 2.17. The van der Waals surface area contributed by atoms with Crippen LogP contribution in [0.3, 0.4) is 0 Å². The monoisotopic (exact) mass is 275 g/mol. The van der Waals surface area contributed by atoms with Crippen LogP contribution in [0.25, 0.3) is 0 Å². The summed E-state index contributed by atoms with van der Waals surface area (Å²) in [5, 5.41) is 8.84. The molecule has 0 aliphatic heterocycles. The molecule has 18 heavy (non-hydrogen) atoms. The third-order valence-electron chi connectivity index (χ3n) is 2.73. The molecule has 4 nitrogen and oxygen atoms in total. The number of benzene rings is 1. The standard InChI is InChI=1S/C13H21NO3.ClH/c1-9-7-11(16-2)13(12(8-9)17-3)10(14)5-4-6-15;/h7-8,10,15H,4-6,14H2,1-3H3;1H/t10-;/m0./s1. The van der Waals surface area contributed by atoms with Crippen molar-refractivity contribution in [3.05, 3.63) is 23.3 Å². The first-order valence-corrected chi connectivity index (χ1v) is 5.73. The number of aliphatic hydroxyl groups excluding tert-OH is 1. The molecule has 0 spiro atoms. The lowest BCUT2D eigenvalue weighted by atomic mass is 9.99. The van der Waals surface area contributed by atoms with Crippen LogP contribution >= 0.6 is 12.4 Å². The van der Waals surface area contributed by atoms with Crippen molar-refractivity contribution in [1.29, 1.82) is 0 Å². The number of aryl methyl sites for hydroxylation is 1. The first-order chi connectivity index (χ1) is 8.13. The largest absolute Gasteiger partial charge is 0.496 e. The van der Waals surface area contributed by atoms with E-state index in [2.05, 4.69) is 0 Å². The zero-order valence-electron chi connectivity index (χ0n) is 11.1. The van der Waals surface area contributed by atoms with Gasteiger partial charge in [-0.3, -0.25) is 0 Å². The van der Waals surface area contributed by atoms with E-state index in [9.17, 15) is 0 Å². The van der Waals surface area contributed by atoms with E-state index in [-0.39, 0.29) is 25.1 Å². The molecule has 1 aromatic rings. The number of hydrogen-bond donors (Lipinski definition) is 2. The Labute approximate surface area is 115 Å². The fourth-order valence-electron chi connectivity index (χ4n) is 1.89. The van der Waals surface area contributed by atoms with E-state index in [4.69, 9.17) is 20.3 Å². The SMILES string of the molecule is COc1cc(C)cc(OC)c1[C@@H](N)CCCO.Cl. The van der Waals surface area contributed by atoms with Gasteiger partial charge >= 0.3 is 0 Å². The van der Waals surface area contributed by atoms with Gasteiger partial charge in [-0.25, -0.2) is 0 Å². The maximum absolute atomic E-state index is 8.84. The third-order valence-corrected chi connectivity index (χ3v) is 2.73. The van der Waals surface area contributed by atoms with Crippen LogP contribution in [0.4, 0.5) is 0 Å². The minimum atomic E-state index is -0.187. The molecule has 0 saturated heterocycles. The van der Waals surface area contributed by atoms with Crippen molar-refractivity contribution in [2.75, 3.05) is 20.8 Å². The molecule has 0 unspecified atom stereocenters. The molecule has 0 amide bonds. The number of hydrogen-bond acceptors (Lipinski definition) is 4. The second-order valence-electron chi connectivity index (χ2n) is 4.06. The Bertz CT molecular complexity index is 346. The maximum Gasteiger partial charge on any atom is 0.127 e. The zero-order valence-corrected chi connectivity index (χ0v) is 11.9. The van der Waals surface area contributed by atoms with Crippen molar-refractivity contribution in [2.24, 2.45) is 5.73 Å². The highest BCUT2D eigenvalue weighted by Crippen LogP contribution is 2.36. The predicted molar refractivity (Wildman–Crippen MR) is 74.8 cm³/mol. The van der Waals surface area contributed by atoms with Crippen LogP contribution in [0.15, 0.2) is 12.1 Å². The van der Waals surface area contributed by atoms with Crippen molar-refractivity contribution in [3.63, 3.8) is 0 Å². The summed E-state index contributed by atoms with van der Waals surface area (Å²) in [6.07, 6.45) is 1.37. The molecular formula is C13H22ClNO3. The van der Waals surface area contributed by atoms with E-state index in [1.807, 2.05) is 19.1 Å². The van der Waals surface area contributed by atoms with Gasteiger partial charge in [0.15, 0.2) is 0 Å². The van der Waals surface area contributed by atoms with Crippen LogP contribution < -0.4 is 15.2 Å². The van der Waals surface area contributed by atoms with E-state index in [0.717, 1.165) is 22.6 Å². The Kier molecular flexibility index (Phi) is 7.75. The van der Waals surface area contributed by atoms with Gasteiger partial charge in [-0.05, 0) is 37.5 Å². The summed E-state index contributed by atoms with van der Waals surface area (Å²) in [4.78, 5) is 0. The number of aliphatic hydroxyl groups is 1. The average Bonchev–Trinajstić information content (AvgIpc) is 2.34. The molecule has 0 radical (unpaired) electrons. The van der Waals surface area contributed by atoms with Crippen LogP contribution in [0.1, 0.15) is 30.0 Å². The Morgan fingerprint density at radius 1 is 1.22 bits per heavy atom. The number of halogens is 1. The van der Waals surface area contributed by atoms with E-state index < -0.39 is 0 Å². The van der Waals surface area contributed by atoms with Crippen LogP contribution in [-0.2, 0) is 0 Å². The molecule has 0 fully saturated rings. The van der Waals surface area contributed by atoms with Crippen molar-refractivity contribution in [1.82, 2.24) is 0 Å². The van der Waals surface area contributed by atoms with Gasteiger partial charge in [-0.1, -0.05) is 0 Å². The Morgan fingerprint density at radius 2 is 1.72 bits per heavy atom. The lowest BCUT2D eigenvalue weighted by Crippen LogP contribution is -2.13. The van der Waals surface area contributed by atoms with Crippen LogP contribution in [0.5, 0.6) is 11.5 Å². The summed E-state index contributed by atoms with van der Waals surface area (Å²) in [7, 11) is 3.24. The van der Waals surface area contributed by atoms with E-state index in [1.54, 1.807) is 14.2 Å². The van der Waals surface area contributed by atoms with Crippen molar-refractivity contribution >= 4 is 12.4 Å². The normalized spacial score (nSPS) is 11.6. The molecule has 0 aliphatic rings. The molecule has 3 N–H and O–H groups in total. The van der Waals surface area contributed by atoms with Crippen molar-refractivity contribution < 1.29 is 14.6 Å². The van der Waals surface area contributed by atoms with Crippen LogP contribution in [-0.4, -0.2) is 25.9 Å². The fraction of sp³-hybridized carbons (Fsp3) is 0.538. The number of methoxy groups -OCH3 is 2. The van der Waals surface area contributed by atoms with Gasteiger partial charge in [0.1, 0.15) is 11.5 Å². The Balaban J connectivity index is 0.00000289. The second-order valence-corrected chi connectivity index (χ2v) is 4.06. The van der Waals surface area contributed by atoms with Crippen molar-refractivity contribution in [3.8, 4) is 11.5 Å². The molecule has 0 saturated carbocycles. The summed E-state index contributed by atoms with van der Waals surface area (Å²) in [6, 6.07) is 3.69. The first kappa shape index (κ1) is 17.0. The summed E-state index contributed by atoms with van der Waals surface area (Å²) >= 11 is 0. The van der Waals surface area contributed by atoms with E-state index >= 15 is 0 Å². The van der Waals surface area contributed by atoms with Gasteiger partial charge < -0.3 is 20.3 Å². The first-order valence-electron chi connectivity index (χ1n) is 5.73. The molecule has 5 heteroatoms. The van der Waals surface area contributed by atoms with Crippen molar-refractivity contribution in [2.45, 2.75) is 25.8 Å². The molecule has 1 atom stereocenters. The number of nitrogens with two attached hydrogens (primary N) is 1. The molecule has 104 valence electrons. The number of rotatable bonds is 6. The molecular weight excluding hydrogens is 254 g/mol. The number of ether oxygens (including phenoxy) is 2.